The third-order valence-electron chi connectivity index (χ3n) is 2.16. The molecule has 122 valence electrons. The van der Waals surface area contributed by atoms with Gasteiger partial charge in [0.25, 0.3) is 0 Å². The van der Waals surface area contributed by atoms with E-state index in [1.165, 1.54) is 0 Å². The highest BCUT2D eigenvalue weighted by Gasteiger charge is 2.64. The van der Waals surface area contributed by atoms with E-state index in [4.69, 9.17) is 4.43 Å². The Morgan fingerprint density at radius 1 is 0.750 bits per heavy atom. The Hall–Kier alpha value is 4.50. The number of hydrogen-bond acceptors (Lipinski definition) is 1. The monoisotopic (exact) mass is 875 g/mol. The van der Waals surface area contributed by atoms with E-state index in [1.54, 1.807) is 0 Å². The summed E-state index contributed by atoms with van der Waals surface area (Å²) in [4.78, 5) is 0. The minimum Gasteiger partial charge on any atom is -0.418 e. The second-order valence-corrected chi connectivity index (χ2v) is 27.0. The Morgan fingerprint density at radius 2 is 1.15 bits per heavy atom. The summed E-state index contributed by atoms with van der Waals surface area (Å²) in [6.07, 6.45) is 0.746. The quantitative estimate of drug-likeness (QED) is 0.192. The fourth-order valence-corrected chi connectivity index (χ4v) is 7.90. The van der Waals surface area contributed by atoms with E-state index >= 15 is 0 Å². The first-order chi connectivity index (χ1) is 8.46. The van der Waals surface area contributed by atoms with Gasteiger partial charge in [-0.25, -0.2) is 0 Å². The minimum atomic E-state index is -1.52. The SMILES string of the molecule is C[Si](C)(C)OCCC(Br)(Br)C(Br)(Br)C(Br)(Br)C(Br)(Br)Br. The van der Waals surface area contributed by atoms with Gasteiger partial charge < -0.3 is 4.43 Å². The van der Waals surface area contributed by atoms with Gasteiger partial charge in [0.2, 0.25) is 0 Å². The van der Waals surface area contributed by atoms with Crippen LogP contribution in [0.5, 0.6) is 0 Å². The number of halogens is 9. The van der Waals surface area contributed by atoms with Gasteiger partial charge in [-0.05, 0) is 26.1 Å². The van der Waals surface area contributed by atoms with E-state index in [0.717, 1.165) is 6.42 Å². The van der Waals surface area contributed by atoms with Gasteiger partial charge in [-0.3, -0.25) is 0 Å². The molecule has 0 aliphatic carbocycles. The molecule has 0 aromatic carbocycles. The van der Waals surface area contributed by atoms with Crippen molar-refractivity contribution >= 4 is 152 Å². The molecule has 0 saturated carbocycles. The molecule has 1 nitrogen and oxygen atoms in total. The van der Waals surface area contributed by atoms with Crippen molar-refractivity contribution in [1.29, 1.82) is 0 Å². The lowest BCUT2D eigenvalue weighted by Gasteiger charge is -2.47. The molecule has 0 amide bonds. The van der Waals surface area contributed by atoms with E-state index in [0.29, 0.717) is 6.61 Å². The zero-order chi connectivity index (χ0) is 16.6. The molecule has 0 heterocycles. The molecule has 0 bridgehead atoms. The molecule has 0 fully saturated rings. The Balaban J connectivity index is 5.08. The van der Waals surface area contributed by atoms with E-state index < -0.39 is 20.2 Å². The van der Waals surface area contributed by atoms with Crippen molar-refractivity contribution in [3.05, 3.63) is 0 Å². The van der Waals surface area contributed by atoms with Crippen LogP contribution in [0.3, 0.4) is 0 Å². The molecule has 0 aromatic heterocycles. The van der Waals surface area contributed by atoms with Crippen LogP contribution in [0.2, 0.25) is 19.6 Å². The maximum Gasteiger partial charge on any atom is 0.183 e. The van der Waals surface area contributed by atoms with Crippen molar-refractivity contribution in [2.75, 3.05) is 6.61 Å². The highest BCUT2D eigenvalue weighted by molar-refractivity contribution is 9.42. The van der Waals surface area contributed by atoms with Crippen LogP contribution in [0, 0.1) is 0 Å². The standard InChI is InChI=1S/C9H13Br9OSi/c1-20(2,3)19-5-4-6(10,11)7(12,13)8(14,15)9(16,17)18/h4-5H2,1-3H3. The van der Waals surface area contributed by atoms with E-state index in [-0.39, 0.29) is 0 Å². The maximum atomic E-state index is 5.93. The van der Waals surface area contributed by atoms with E-state index in [9.17, 15) is 0 Å². The summed E-state index contributed by atoms with van der Waals surface area (Å²) in [6.45, 7) is 7.17. The summed E-state index contributed by atoms with van der Waals surface area (Å²) in [5.41, 5.74) is 0. The predicted molar refractivity (Wildman–Crippen MR) is 125 cm³/mol. The normalized spacial score (nSPS) is 15.6. The molecule has 0 N–H and O–H groups in total. The van der Waals surface area contributed by atoms with Crippen molar-refractivity contribution in [3.63, 3.8) is 0 Å². The number of hydrogen-bond donors (Lipinski definition) is 0. The van der Waals surface area contributed by atoms with Crippen LogP contribution in [0.1, 0.15) is 6.42 Å². The van der Waals surface area contributed by atoms with Gasteiger partial charge in [0.15, 0.2) is 10.5 Å². The summed E-state index contributed by atoms with van der Waals surface area (Å²) in [5, 5.41) is 0. The van der Waals surface area contributed by atoms with Gasteiger partial charge in [0.05, 0.1) is 0 Å². The van der Waals surface area contributed by atoms with Crippen molar-refractivity contribution in [1.82, 2.24) is 0 Å². The summed E-state index contributed by atoms with van der Waals surface area (Å²) in [5.74, 6) is 0. The molecule has 0 atom stereocenters. The molecule has 0 aliphatic heterocycles. The van der Waals surface area contributed by atoms with Crippen LogP contribution in [0.25, 0.3) is 0 Å². The summed E-state index contributed by atoms with van der Waals surface area (Å²) >= 11 is 32.9. The van der Waals surface area contributed by atoms with Gasteiger partial charge in [-0.1, -0.05) is 143 Å². The van der Waals surface area contributed by atoms with Crippen LogP contribution in [0.15, 0.2) is 0 Å². The lowest BCUT2D eigenvalue weighted by atomic mass is 10.2. The molecule has 0 rings (SSSR count). The van der Waals surface area contributed by atoms with Gasteiger partial charge in [0.1, 0.15) is 9.70 Å². The van der Waals surface area contributed by atoms with Crippen molar-refractivity contribution in [2.45, 2.75) is 37.9 Å². The zero-order valence-electron chi connectivity index (χ0n) is 10.7. The van der Waals surface area contributed by atoms with Gasteiger partial charge >= 0.3 is 0 Å². The van der Waals surface area contributed by atoms with Gasteiger partial charge in [-0.2, -0.15) is 0 Å². The van der Waals surface area contributed by atoms with E-state index in [1.807, 2.05) is 0 Å². The third kappa shape index (κ3) is 6.66. The predicted octanol–water partition coefficient (Wildman–Crippen LogP) is 8.52. The highest BCUT2D eigenvalue weighted by Crippen LogP contribution is 2.68. The summed E-state index contributed by atoms with van der Waals surface area (Å²) in [7, 11) is -1.52. The van der Waals surface area contributed by atoms with Crippen LogP contribution in [0.4, 0.5) is 0 Å². The lowest BCUT2D eigenvalue weighted by molar-refractivity contribution is 0.299. The number of alkyl halides is 9. The Labute approximate surface area is 197 Å². The maximum absolute atomic E-state index is 5.93. The van der Waals surface area contributed by atoms with Crippen molar-refractivity contribution in [2.24, 2.45) is 0 Å². The van der Waals surface area contributed by atoms with Crippen LogP contribution in [-0.4, -0.2) is 26.8 Å². The molecule has 0 spiro atoms. The molecular weight excluding hydrogens is 871 g/mol. The second-order valence-electron chi connectivity index (χ2n) is 5.06. The molecule has 0 radical (unpaired) electrons. The molecule has 20 heavy (non-hydrogen) atoms. The van der Waals surface area contributed by atoms with Crippen molar-refractivity contribution in [3.8, 4) is 0 Å². The first-order valence-electron chi connectivity index (χ1n) is 5.30. The largest absolute Gasteiger partial charge is 0.418 e. The lowest BCUT2D eigenvalue weighted by Crippen LogP contribution is -2.54. The first kappa shape index (κ1) is 24.5. The fraction of sp³-hybridized carbons (Fsp3) is 1.00. The second kappa shape index (κ2) is 8.46. The Kier molecular flexibility index (Phi) is 10.4. The number of rotatable bonds is 6. The molecule has 0 saturated heterocycles. The Bertz CT molecular complexity index is 331. The minimum absolute atomic E-state index is 0.472. The van der Waals surface area contributed by atoms with E-state index in [2.05, 4.69) is 163 Å². The summed E-state index contributed by atoms with van der Waals surface area (Å²) in [6, 6.07) is 0. The summed E-state index contributed by atoms with van der Waals surface area (Å²) < 4.78 is 3.62. The average molecular weight is 884 g/mol. The van der Waals surface area contributed by atoms with Gasteiger partial charge in [-0.15, -0.1) is 0 Å². The Morgan fingerprint density at radius 3 is 1.45 bits per heavy atom. The smallest absolute Gasteiger partial charge is 0.183 e. The van der Waals surface area contributed by atoms with Crippen LogP contribution < -0.4 is 0 Å². The van der Waals surface area contributed by atoms with Crippen LogP contribution in [-0.2, 0) is 4.43 Å². The highest BCUT2D eigenvalue weighted by atomic mass is 80.0. The molecule has 11 heteroatoms. The molecule has 0 unspecified atom stereocenters. The average Bonchev–Trinajstić information content (AvgIpc) is 2.12. The molecular formula is C9H13Br9OSi. The van der Waals surface area contributed by atoms with Gasteiger partial charge in [0, 0.05) is 6.61 Å². The van der Waals surface area contributed by atoms with Crippen LogP contribution >= 0.6 is 143 Å². The topological polar surface area (TPSA) is 9.23 Å². The first-order valence-corrected chi connectivity index (χ1v) is 15.8. The molecule has 0 aliphatic rings. The molecule has 0 aromatic rings. The zero-order valence-corrected chi connectivity index (χ0v) is 26.0. The fourth-order valence-electron chi connectivity index (χ4n) is 1.05. The van der Waals surface area contributed by atoms with Crippen molar-refractivity contribution < 1.29 is 4.43 Å². The third-order valence-corrected chi connectivity index (χ3v) is 19.4.